The number of benzene rings is 1. The van der Waals surface area contributed by atoms with Gasteiger partial charge in [-0.15, -0.1) is 0 Å². The summed E-state index contributed by atoms with van der Waals surface area (Å²) >= 11 is 12.0. The number of aromatic nitrogens is 2. The number of alkyl halides is 3. The number of nitrogens with zero attached hydrogens (tertiary/aromatic N) is 3. The van der Waals surface area contributed by atoms with Gasteiger partial charge in [-0.05, 0) is 12.1 Å². The van der Waals surface area contributed by atoms with E-state index in [4.69, 9.17) is 33.8 Å². The largest absolute Gasteiger partial charge is 0.416 e. The Morgan fingerprint density at radius 3 is 2.40 bits per heavy atom. The molecular weight excluding hydrogens is 488 g/mol. The maximum Gasteiger partial charge on any atom is 0.416 e. The van der Waals surface area contributed by atoms with Crippen molar-refractivity contribution in [1.82, 2.24) is 9.78 Å². The zero-order valence-electron chi connectivity index (χ0n) is 15.7. The van der Waals surface area contributed by atoms with Crippen molar-refractivity contribution in [3.8, 4) is 5.69 Å². The molecule has 0 aliphatic heterocycles. The third-order valence-corrected chi connectivity index (χ3v) is 6.55. The summed E-state index contributed by atoms with van der Waals surface area (Å²) in [4.78, 5) is 5.09. The lowest BCUT2D eigenvalue weighted by molar-refractivity contribution is -0.137. The van der Waals surface area contributed by atoms with Crippen molar-refractivity contribution in [2.24, 2.45) is 5.16 Å². The molecule has 1 aromatic carbocycles. The van der Waals surface area contributed by atoms with Crippen LogP contribution < -0.4 is 5.73 Å². The second-order valence-corrected chi connectivity index (χ2v) is 9.75. The first-order valence-electron chi connectivity index (χ1n) is 8.26. The number of hydrogen-bond donors (Lipinski definition) is 1. The summed E-state index contributed by atoms with van der Waals surface area (Å²) in [7, 11) is -2.64. The molecule has 7 nitrogen and oxygen atoms in total. The van der Waals surface area contributed by atoms with Crippen LogP contribution in [0.2, 0.25) is 10.0 Å². The van der Waals surface area contributed by atoms with Gasteiger partial charge >= 0.3 is 6.18 Å². The van der Waals surface area contributed by atoms with Crippen LogP contribution in [0.25, 0.3) is 5.69 Å². The summed E-state index contributed by atoms with van der Waals surface area (Å²) in [6, 6.07) is 1.38. The van der Waals surface area contributed by atoms with Crippen molar-refractivity contribution in [2.45, 2.75) is 18.0 Å². The minimum absolute atomic E-state index is 0.0528. The minimum atomic E-state index is -4.64. The average Bonchev–Trinajstić information content (AvgIpc) is 2.96. The molecule has 0 saturated heterocycles. The number of anilines is 1. The van der Waals surface area contributed by atoms with E-state index >= 15 is 0 Å². The number of halogens is 5. The highest BCUT2D eigenvalue weighted by Crippen LogP contribution is 2.38. The maximum atomic E-state index is 13.0. The van der Waals surface area contributed by atoms with Crippen molar-refractivity contribution in [3.05, 3.63) is 33.4 Å². The van der Waals surface area contributed by atoms with Crippen LogP contribution in [0.3, 0.4) is 0 Å². The number of rotatable bonds is 8. The fourth-order valence-corrected chi connectivity index (χ4v) is 4.30. The predicted molar refractivity (Wildman–Crippen MR) is 112 cm³/mol. The van der Waals surface area contributed by atoms with Gasteiger partial charge in [0, 0.05) is 22.8 Å². The molecule has 0 spiro atoms. The standard InChI is InChI=1S/C16H17Cl2F3N4O3S2/c1-3-30(27)5-4-28-23-8-12-14(29(2)26)15(22)25(24-12)13-10(17)6-9(7-11(13)18)16(19,20)21/h6-8H,3-5,22H2,1-2H3. The van der Waals surface area contributed by atoms with E-state index in [1.807, 2.05) is 0 Å². The lowest BCUT2D eigenvalue weighted by Crippen LogP contribution is -2.09. The van der Waals surface area contributed by atoms with Crippen LogP contribution in [0, 0.1) is 0 Å². The Bertz CT molecular complexity index is 989. The van der Waals surface area contributed by atoms with Crippen LogP contribution >= 0.6 is 23.2 Å². The third kappa shape index (κ3) is 5.74. The Morgan fingerprint density at radius 2 is 1.90 bits per heavy atom. The van der Waals surface area contributed by atoms with E-state index < -0.39 is 33.3 Å². The van der Waals surface area contributed by atoms with Crippen LogP contribution in [0.1, 0.15) is 18.2 Å². The predicted octanol–water partition coefficient (Wildman–Crippen LogP) is 3.64. The highest BCUT2D eigenvalue weighted by atomic mass is 35.5. The van der Waals surface area contributed by atoms with Gasteiger partial charge in [-0.25, -0.2) is 4.68 Å². The molecule has 0 amide bonds. The van der Waals surface area contributed by atoms with Crippen LogP contribution in [-0.4, -0.2) is 48.8 Å². The SMILES string of the molecule is CCS(=O)CCON=Cc1nn(-c2c(Cl)cc(C(F)(F)F)cc2Cl)c(N)c1S(C)=O. The van der Waals surface area contributed by atoms with Gasteiger partial charge in [0.1, 0.15) is 28.7 Å². The molecule has 0 fully saturated rings. The van der Waals surface area contributed by atoms with Crippen LogP contribution in [0.4, 0.5) is 19.0 Å². The summed E-state index contributed by atoms with van der Waals surface area (Å²) in [6.45, 7) is 1.86. The molecule has 2 rings (SSSR count). The average molecular weight is 505 g/mol. The van der Waals surface area contributed by atoms with Gasteiger partial charge in [0.05, 0.1) is 38.4 Å². The van der Waals surface area contributed by atoms with Crippen molar-refractivity contribution >= 4 is 56.8 Å². The maximum absolute atomic E-state index is 13.0. The van der Waals surface area contributed by atoms with Crippen LogP contribution in [0.5, 0.6) is 0 Å². The molecule has 0 saturated carbocycles. The summed E-state index contributed by atoms with van der Waals surface area (Å²) < 4.78 is 63.3. The van der Waals surface area contributed by atoms with E-state index in [0.717, 1.165) is 10.9 Å². The molecule has 2 atom stereocenters. The van der Waals surface area contributed by atoms with Gasteiger partial charge < -0.3 is 10.6 Å². The molecule has 14 heteroatoms. The molecule has 2 unspecified atom stereocenters. The molecule has 2 aromatic rings. The molecule has 166 valence electrons. The number of nitrogen functional groups attached to an aromatic ring is 1. The molecule has 2 N–H and O–H groups in total. The second kappa shape index (κ2) is 10.1. The highest BCUT2D eigenvalue weighted by molar-refractivity contribution is 7.85. The summed E-state index contributed by atoms with van der Waals surface area (Å²) in [5.74, 6) is 0.642. The summed E-state index contributed by atoms with van der Waals surface area (Å²) in [6.07, 6.45) is -2.16. The van der Waals surface area contributed by atoms with E-state index in [2.05, 4.69) is 10.3 Å². The number of hydrogen-bond acceptors (Lipinski definition) is 6. The topological polar surface area (TPSA) is 99.6 Å². The fraction of sp³-hybridized carbons (Fsp3) is 0.375. The molecule has 0 bridgehead atoms. The molecule has 1 heterocycles. The molecule has 0 aliphatic carbocycles. The van der Waals surface area contributed by atoms with Crippen molar-refractivity contribution < 1.29 is 26.4 Å². The van der Waals surface area contributed by atoms with E-state index in [0.29, 0.717) is 17.9 Å². The minimum Gasteiger partial charge on any atom is -0.395 e. The Labute approximate surface area is 185 Å². The van der Waals surface area contributed by atoms with E-state index in [1.165, 1.54) is 6.26 Å². The van der Waals surface area contributed by atoms with Gasteiger partial charge in [-0.1, -0.05) is 35.3 Å². The monoisotopic (exact) mass is 504 g/mol. The summed E-state index contributed by atoms with van der Waals surface area (Å²) in [5, 5.41) is 7.12. The van der Waals surface area contributed by atoms with Crippen molar-refractivity contribution in [1.29, 1.82) is 0 Å². The Hall–Kier alpha value is -1.63. The summed E-state index contributed by atoms with van der Waals surface area (Å²) in [5.41, 5.74) is 4.93. The first-order chi connectivity index (χ1) is 14.0. The van der Waals surface area contributed by atoms with E-state index in [9.17, 15) is 21.6 Å². The van der Waals surface area contributed by atoms with Gasteiger partial charge in [0.2, 0.25) is 0 Å². The first-order valence-corrected chi connectivity index (χ1v) is 12.1. The van der Waals surface area contributed by atoms with Crippen LogP contribution in [-0.2, 0) is 32.6 Å². The number of oxime groups is 1. The molecular formula is C16H17Cl2F3N4O3S2. The normalized spacial score (nSPS) is 14.2. The highest BCUT2D eigenvalue weighted by Gasteiger charge is 2.33. The van der Waals surface area contributed by atoms with Crippen LogP contribution in [0.15, 0.2) is 22.2 Å². The zero-order valence-corrected chi connectivity index (χ0v) is 18.8. The lowest BCUT2D eigenvalue weighted by Gasteiger charge is -2.13. The zero-order chi connectivity index (χ0) is 22.6. The van der Waals surface area contributed by atoms with Gasteiger partial charge in [-0.2, -0.15) is 18.3 Å². The molecule has 30 heavy (non-hydrogen) atoms. The first kappa shape index (κ1) is 24.6. The number of nitrogens with two attached hydrogens (primary N) is 1. The third-order valence-electron chi connectivity index (χ3n) is 3.72. The second-order valence-electron chi connectivity index (χ2n) is 5.75. The van der Waals surface area contributed by atoms with E-state index in [1.54, 1.807) is 6.92 Å². The Balaban J connectivity index is 2.43. The molecule has 0 radical (unpaired) electrons. The fourth-order valence-electron chi connectivity index (χ4n) is 2.33. The smallest absolute Gasteiger partial charge is 0.395 e. The van der Waals surface area contributed by atoms with Crippen molar-refractivity contribution in [3.63, 3.8) is 0 Å². The lowest BCUT2D eigenvalue weighted by atomic mass is 10.2. The Kier molecular flexibility index (Phi) is 8.31. The van der Waals surface area contributed by atoms with Gasteiger partial charge in [0.15, 0.2) is 0 Å². The van der Waals surface area contributed by atoms with Crippen molar-refractivity contribution in [2.75, 3.05) is 30.1 Å². The Morgan fingerprint density at radius 1 is 1.30 bits per heavy atom. The molecule has 0 aliphatic rings. The van der Waals surface area contributed by atoms with Gasteiger partial charge in [-0.3, -0.25) is 8.42 Å². The molecule has 1 aromatic heterocycles. The van der Waals surface area contributed by atoms with Gasteiger partial charge in [0.25, 0.3) is 0 Å². The quantitative estimate of drug-likeness (QED) is 0.336. The van der Waals surface area contributed by atoms with E-state index in [-0.39, 0.29) is 44.5 Å².